The Labute approximate surface area is 109 Å². The Kier molecular flexibility index (Phi) is 4.09. The fourth-order valence-corrected chi connectivity index (χ4v) is 2.75. The van der Waals surface area contributed by atoms with E-state index in [4.69, 9.17) is 0 Å². The van der Waals surface area contributed by atoms with Gasteiger partial charge in [0.1, 0.15) is 11.6 Å². The Bertz CT molecular complexity index is 490. The molecule has 0 aliphatic heterocycles. The minimum atomic E-state index is -0.506. The van der Waals surface area contributed by atoms with Gasteiger partial charge in [-0.25, -0.2) is 8.78 Å². The van der Waals surface area contributed by atoms with E-state index in [2.05, 4.69) is 5.32 Å². The molecule has 1 aromatic heterocycles. The van der Waals surface area contributed by atoms with E-state index in [9.17, 15) is 8.78 Å². The maximum Gasteiger partial charge on any atom is 0.130 e. The number of nitrogens with one attached hydrogen (secondary N) is 1. The van der Waals surface area contributed by atoms with E-state index in [-0.39, 0.29) is 17.6 Å². The molecule has 1 heterocycles. The molecule has 0 saturated heterocycles. The first-order chi connectivity index (χ1) is 8.59. The second-order valence-electron chi connectivity index (χ2n) is 4.26. The Morgan fingerprint density at radius 2 is 1.67 bits per heavy atom. The van der Waals surface area contributed by atoms with Gasteiger partial charge in [-0.3, -0.25) is 0 Å². The van der Waals surface area contributed by atoms with Gasteiger partial charge in [0.2, 0.25) is 0 Å². The fraction of sp³-hybridized carbons (Fsp3) is 0.286. The Morgan fingerprint density at radius 1 is 1.00 bits per heavy atom. The Hall–Kier alpha value is -1.26. The lowest BCUT2D eigenvalue weighted by molar-refractivity contribution is 0.453. The van der Waals surface area contributed by atoms with Crippen molar-refractivity contribution in [3.63, 3.8) is 0 Å². The van der Waals surface area contributed by atoms with E-state index < -0.39 is 11.6 Å². The molecule has 0 bridgehead atoms. The molecule has 0 aliphatic rings. The van der Waals surface area contributed by atoms with Crippen molar-refractivity contribution in [3.8, 4) is 0 Å². The zero-order valence-corrected chi connectivity index (χ0v) is 11.1. The highest BCUT2D eigenvalue weighted by atomic mass is 32.1. The van der Waals surface area contributed by atoms with Gasteiger partial charge in [0.05, 0.1) is 0 Å². The molecule has 0 amide bonds. The van der Waals surface area contributed by atoms with E-state index in [0.29, 0.717) is 0 Å². The fourth-order valence-electron chi connectivity index (χ4n) is 2.00. The lowest BCUT2D eigenvalue weighted by atomic mass is 10.1. The van der Waals surface area contributed by atoms with Gasteiger partial charge in [-0.1, -0.05) is 12.1 Å². The smallest absolute Gasteiger partial charge is 0.130 e. The number of thiophene rings is 1. The van der Waals surface area contributed by atoms with E-state index in [1.54, 1.807) is 18.3 Å². The van der Waals surface area contributed by atoms with Gasteiger partial charge in [0.25, 0.3) is 0 Å². The van der Waals surface area contributed by atoms with Crippen LogP contribution in [0.3, 0.4) is 0 Å². The van der Waals surface area contributed by atoms with Crippen molar-refractivity contribution in [1.82, 2.24) is 5.32 Å². The van der Waals surface area contributed by atoms with Crippen LogP contribution in [-0.2, 0) is 0 Å². The summed E-state index contributed by atoms with van der Waals surface area (Å²) in [5, 5.41) is 5.20. The summed E-state index contributed by atoms with van der Waals surface area (Å²) in [5.74, 6) is -1.01. The quantitative estimate of drug-likeness (QED) is 0.863. The molecular formula is C14H15F2NS. The molecule has 1 nitrogen and oxygen atoms in total. The second kappa shape index (κ2) is 5.59. The molecule has 18 heavy (non-hydrogen) atoms. The van der Waals surface area contributed by atoms with Crippen LogP contribution < -0.4 is 5.32 Å². The summed E-state index contributed by atoms with van der Waals surface area (Å²) < 4.78 is 27.2. The Morgan fingerprint density at radius 3 is 2.22 bits per heavy atom. The minimum Gasteiger partial charge on any atom is -0.303 e. The molecule has 0 spiro atoms. The highest BCUT2D eigenvalue weighted by molar-refractivity contribution is 7.10. The summed E-state index contributed by atoms with van der Waals surface area (Å²) in [6.07, 6.45) is 0. The van der Waals surface area contributed by atoms with E-state index in [0.717, 1.165) is 4.88 Å². The van der Waals surface area contributed by atoms with Gasteiger partial charge >= 0.3 is 0 Å². The third-order valence-corrected chi connectivity index (χ3v) is 3.96. The summed E-state index contributed by atoms with van der Waals surface area (Å²) in [4.78, 5) is 1.15. The lowest BCUT2D eigenvalue weighted by Gasteiger charge is -2.20. The number of benzene rings is 1. The van der Waals surface area contributed by atoms with Crippen molar-refractivity contribution < 1.29 is 8.78 Å². The topological polar surface area (TPSA) is 12.0 Å². The van der Waals surface area contributed by atoms with Gasteiger partial charge in [-0.2, -0.15) is 0 Å². The second-order valence-corrected chi connectivity index (χ2v) is 5.24. The largest absolute Gasteiger partial charge is 0.303 e. The summed E-state index contributed by atoms with van der Waals surface area (Å²) >= 11 is 1.63. The third-order valence-electron chi connectivity index (χ3n) is 2.90. The van der Waals surface area contributed by atoms with Crippen molar-refractivity contribution in [2.75, 3.05) is 0 Å². The number of halogens is 2. The third kappa shape index (κ3) is 2.76. The molecule has 96 valence electrons. The molecule has 1 N–H and O–H groups in total. The molecule has 2 atom stereocenters. The summed E-state index contributed by atoms with van der Waals surface area (Å²) in [7, 11) is 0. The number of rotatable bonds is 4. The van der Waals surface area contributed by atoms with Crippen LogP contribution in [0, 0.1) is 11.6 Å². The van der Waals surface area contributed by atoms with Crippen LogP contribution in [0.25, 0.3) is 0 Å². The van der Waals surface area contributed by atoms with Gasteiger partial charge in [-0.05, 0) is 37.4 Å². The maximum absolute atomic E-state index is 13.6. The predicted octanol–water partition coefficient (Wildman–Crippen LogP) is 4.44. The van der Waals surface area contributed by atoms with Crippen molar-refractivity contribution in [2.24, 2.45) is 0 Å². The van der Waals surface area contributed by atoms with Crippen molar-refractivity contribution in [3.05, 3.63) is 57.8 Å². The van der Waals surface area contributed by atoms with Crippen LogP contribution in [0.4, 0.5) is 8.78 Å². The van der Waals surface area contributed by atoms with Gasteiger partial charge < -0.3 is 5.32 Å². The van der Waals surface area contributed by atoms with E-state index in [1.165, 1.54) is 18.2 Å². The summed E-state index contributed by atoms with van der Waals surface area (Å²) in [6, 6.07) is 7.61. The number of hydrogen-bond acceptors (Lipinski definition) is 2. The first-order valence-electron chi connectivity index (χ1n) is 5.83. The SMILES string of the molecule is CC(NC(C)c1c(F)cccc1F)c1cccs1. The number of hydrogen-bond donors (Lipinski definition) is 1. The van der Waals surface area contributed by atoms with Crippen molar-refractivity contribution in [1.29, 1.82) is 0 Å². The molecular weight excluding hydrogens is 252 g/mol. The first kappa shape index (κ1) is 13.2. The van der Waals surface area contributed by atoms with Crippen LogP contribution in [-0.4, -0.2) is 0 Å². The monoisotopic (exact) mass is 267 g/mol. The highest BCUT2D eigenvalue weighted by Gasteiger charge is 2.18. The highest BCUT2D eigenvalue weighted by Crippen LogP contribution is 2.25. The van der Waals surface area contributed by atoms with Gasteiger partial charge in [0, 0.05) is 22.5 Å². The van der Waals surface area contributed by atoms with Crippen LogP contribution in [0.15, 0.2) is 35.7 Å². The zero-order valence-electron chi connectivity index (χ0n) is 10.3. The molecule has 2 rings (SSSR count). The molecule has 2 aromatic rings. The molecule has 4 heteroatoms. The molecule has 0 aliphatic carbocycles. The molecule has 0 saturated carbocycles. The standard InChI is InChI=1S/C14H15F2NS/c1-9(13-7-4-8-18-13)17-10(2)14-11(15)5-3-6-12(14)16/h3-10,17H,1-2H3. The van der Waals surface area contributed by atoms with Crippen molar-refractivity contribution >= 4 is 11.3 Å². The lowest BCUT2D eigenvalue weighted by Crippen LogP contribution is -2.23. The average molecular weight is 267 g/mol. The average Bonchev–Trinajstić information content (AvgIpc) is 2.81. The van der Waals surface area contributed by atoms with E-state index in [1.807, 2.05) is 24.4 Å². The summed E-state index contributed by atoms with van der Waals surface area (Å²) in [5.41, 5.74) is 0.0981. The van der Waals surface area contributed by atoms with Crippen LogP contribution >= 0.6 is 11.3 Å². The Balaban J connectivity index is 2.15. The molecule has 0 radical (unpaired) electrons. The molecule has 1 aromatic carbocycles. The van der Waals surface area contributed by atoms with Gasteiger partial charge in [0.15, 0.2) is 0 Å². The summed E-state index contributed by atoms with van der Waals surface area (Å²) in [6.45, 7) is 3.76. The molecule has 2 unspecified atom stereocenters. The van der Waals surface area contributed by atoms with Gasteiger partial charge in [-0.15, -0.1) is 11.3 Å². The predicted molar refractivity (Wildman–Crippen MR) is 70.6 cm³/mol. The van der Waals surface area contributed by atoms with Crippen LogP contribution in [0.1, 0.15) is 36.4 Å². The first-order valence-corrected chi connectivity index (χ1v) is 6.71. The minimum absolute atomic E-state index is 0.0685. The van der Waals surface area contributed by atoms with Crippen LogP contribution in [0.2, 0.25) is 0 Å². The van der Waals surface area contributed by atoms with Crippen LogP contribution in [0.5, 0.6) is 0 Å². The zero-order chi connectivity index (χ0) is 13.1. The molecule has 0 fully saturated rings. The maximum atomic E-state index is 13.6. The normalized spacial score (nSPS) is 14.4. The van der Waals surface area contributed by atoms with Crippen molar-refractivity contribution in [2.45, 2.75) is 25.9 Å². The van der Waals surface area contributed by atoms with E-state index >= 15 is 0 Å².